The molecule has 0 bridgehead atoms. The largest absolute Gasteiger partial charge is 0.460 e. The van der Waals surface area contributed by atoms with Crippen LogP contribution in [0.25, 0.3) is 11.9 Å². The third-order valence-electron chi connectivity index (χ3n) is 5.98. The van der Waals surface area contributed by atoms with Crippen molar-refractivity contribution in [3.63, 3.8) is 0 Å². The Morgan fingerprint density at radius 2 is 2.21 bits per heavy atom. The minimum Gasteiger partial charge on any atom is -0.460 e. The van der Waals surface area contributed by atoms with Crippen LogP contribution >= 0.6 is 11.8 Å². The molecule has 4 atom stereocenters. The number of nitrogens with zero attached hydrogens (tertiary/aromatic N) is 3. The predicted octanol–water partition coefficient (Wildman–Crippen LogP) is 4.17. The molecule has 33 heavy (non-hydrogen) atoms. The Labute approximate surface area is 195 Å². The van der Waals surface area contributed by atoms with Gasteiger partial charge in [0, 0.05) is 18.6 Å². The molecule has 0 spiro atoms. The zero-order chi connectivity index (χ0) is 23.8. The van der Waals surface area contributed by atoms with E-state index in [0.717, 1.165) is 6.42 Å². The SMILES string of the molecule is C#CC(C)Oc1cnc(/C(F)=C/c2ccc(F)c([C@@]3(C)N=C(N)S[C@@]4(COC)C[C@H]43)c2)cn1. The zero-order valence-electron chi connectivity index (χ0n) is 18.5. The molecular formula is C24H24F2N4O2S. The van der Waals surface area contributed by atoms with E-state index >= 15 is 0 Å². The highest BCUT2D eigenvalue weighted by Gasteiger charge is 2.66. The van der Waals surface area contributed by atoms with Crippen molar-refractivity contribution in [1.82, 2.24) is 9.97 Å². The van der Waals surface area contributed by atoms with Crippen molar-refractivity contribution in [3.8, 4) is 18.2 Å². The summed E-state index contributed by atoms with van der Waals surface area (Å²) in [6, 6.07) is 4.43. The number of thioether (sulfide) groups is 1. The Hall–Kier alpha value is -2.96. The van der Waals surface area contributed by atoms with Crippen LogP contribution in [0.5, 0.6) is 5.88 Å². The van der Waals surface area contributed by atoms with Crippen molar-refractivity contribution < 1.29 is 18.3 Å². The van der Waals surface area contributed by atoms with Crippen LogP contribution in [0.3, 0.4) is 0 Å². The van der Waals surface area contributed by atoms with E-state index in [1.807, 2.05) is 6.92 Å². The third-order valence-corrected chi connectivity index (χ3v) is 7.25. The van der Waals surface area contributed by atoms with Crippen LogP contribution in [0, 0.1) is 24.1 Å². The highest BCUT2D eigenvalue weighted by molar-refractivity contribution is 8.15. The number of methoxy groups -OCH3 is 1. The van der Waals surface area contributed by atoms with Gasteiger partial charge in [-0.05, 0) is 44.0 Å². The number of aliphatic imine (C=N–C) groups is 1. The van der Waals surface area contributed by atoms with Crippen LogP contribution < -0.4 is 10.5 Å². The number of fused-ring (bicyclic) bond motifs is 1. The first-order valence-corrected chi connectivity index (χ1v) is 11.2. The van der Waals surface area contributed by atoms with E-state index in [0.29, 0.717) is 22.9 Å². The fraction of sp³-hybridized carbons (Fsp3) is 0.375. The van der Waals surface area contributed by atoms with E-state index in [9.17, 15) is 8.78 Å². The molecule has 2 N–H and O–H groups in total. The first-order chi connectivity index (χ1) is 15.7. The Kier molecular flexibility index (Phi) is 6.16. The first-order valence-electron chi connectivity index (χ1n) is 10.4. The van der Waals surface area contributed by atoms with Gasteiger partial charge in [0.15, 0.2) is 17.1 Å². The average molecular weight is 471 g/mol. The summed E-state index contributed by atoms with van der Waals surface area (Å²) in [5.74, 6) is 1.63. The van der Waals surface area contributed by atoms with Crippen molar-refractivity contribution in [1.29, 1.82) is 0 Å². The zero-order valence-corrected chi connectivity index (χ0v) is 19.3. The van der Waals surface area contributed by atoms with Gasteiger partial charge in [-0.25, -0.2) is 18.7 Å². The summed E-state index contributed by atoms with van der Waals surface area (Å²) >= 11 is 1.48. The Balaban J connectivity index is 1.62. The average Bonchev–Trinajstić information content (AvgIpc) is 3.50. The molecule has 1 aliphatic heterocycles. The second-order valence-electron chi connectivity index (χ2n) is 8.35. The number of nitrogens with two attached hydrogens (primary N) is 1. The minimum absolute atomic E-state index is 0.0189. The van der Waals surface area contributed by atoms with Gasteiger partial charge in [-0.1, -0.05) is 23.7 Å². The standard InChI is InChI=1S/C24H24F2N4O2S/c1-5-14(2)32-21-12-28-19(11-29-21)18(26)9-15-6-7-17(25)16(8-15)23(3)20-10-24(20,13-31-4)33-22(27)30-23/h1,6-9,11-12,14,20H,10,13H2,2-4H3,(H2,27,30)/b18-9-/t14?,20-,23+,24+/m0/s1. The van der Waals surface area contributed by atoms with E-state index in [1.54, 1.807) is 20.1 Å². The number of hydrogen-bond acceptors (Lipinski definition) is 7. The lowest BCUT2D eigenvalue weighted by Crippen LogP contribution is -2.37. The van der Waals surface area contributed by atoms with E-state index in [-0.39, 0.29) is 22.2 Å². The Bertz CT molecular complexity index is 1160. The molecular weight excluding hydrogens is 446 g/mol. The van der Waals surface area contributed by atoms with Crippen molar-refractivity contribution in [2.24, 2.45) is 16.6 Å². The molecule has 6 nitrogen and oxygen atoms in total. The second kappa shape index (κ2) is 8.76. The molecule has 172 valence electrons. The van der Waals surface area contributed by atoms with E-state index in [4.69, 9.17) is 21.6 Å². The summed E-state index contributed by atoms with van der Waals surface area (Å²) in [5, 5.41) is 0.395. The summed E-state index contributed by atoms with van der Waals surface area (Å²) < 4.78 is 40.3. The van der Waals surface area contributed by atoms with E-state index < -0.39 is 23.3 Å². The van der Waals surface area contributed by atoms with Gasteiger partial charge in [0.2, 0.25) is 5.88 Å². The second-order valence-corrected chi connectivity index (χ2v) is 9.79. The van der Waals surface area contributed by atoms with Crippen molar-refractivity contribution in [2.75, 3.05) is 13.7 Å². The van der Waals surface area contributed by atoms with E-state index in [1.165, 1.54) is 42.4 Å². The van der Waals surface area contributed by atoms with Gasteiger partial charge in [-0.15, -0.1) is 6.42 Å². The summed E-state index contributed by atoms with van der Waals surface area (Å²) in [6.07, 6.45) is 9.43. The number of ether oxygens (including phenoxy) is 2. The fourth-order valence-corrected chi connectivity index (χ4v) is 5.74. The third kappa shape index (κ3) is 4.45. The van der Waals surface area contributed by atoms with Gasteiger partial charge in [0.1, 0.15) is 11.5 Å². The summed E-state index contributed by atoms with van der Waals surface area (Å²) in [6.45, 7) is 4.06. The molecule has 1 aromatic carbocycles. The fourth-order valence-electron chi connectivity index (χ4n) is 4.29. The van der Waals surface area contributed by atoms with Crippen LogP contribution in [0.15, 0.2) is 35.6 Å². The summed E-state index contributed by atoms with van der Waals surface area (Å²) in [7, 11) is 1.63. The lowest BCUT2D eigenvalue weighted by Gasteiger charge is -2.34. The predicted molar refractivity (Wildman–Crippen MR) is 126 cm³/mol. The quantitative estimate of drug-likeness (QED) is 0.612. The lowest BCUT2D eigenvalue weighted by molar-refractivity contribution is 0.184. The molecule has 2 aromatic rings. The van der Waals surface area contributed by atoms with Crippen molar-refractivity contribution in [2.45, 2.75) is 36.7 Å². The van der Waals surface area contributed by atoms with Gasteiger partial charge >= 0.3 is 0 Å². The Morgan fingerprint density at radius 1 is 1.42 bits per heavy atom. The van der Waals surface area contributed by atoms with Crippen LogP contribution in [0.2, 0.25) is 0 Å². The monoisotopic (exact) mass is 470 g/mol. The lowest BCUT2D eigenvalue weighted by atomic mass is 9.85. The van der Waals surface area contributed by atoms with Crippen molar-refractivity contribution >= 4 is 28.8 Å². The highest BCUT2D eigenvalue weighted by atomic mass is 32.2. The molecule has 1 unspecified atom stereocenters. The highest BCUT2D eigenvalue weighted by Crippen LogP contribution is 2.65. The molecule has 1 saturated carbocycles. The topological polar surface area (TPSA) is 82.6 Å². The maximum atomic E-state index is 15.0. The number of amidine groups is 1. The number of rotatable bonds is 7. The molecule has 1 fully saturated rings. The van der Waals surface area contributed by atoms with Crippen molar-refractivity contribution in [3.05, 3.63) is 53.2 Å². The first kappa shape index (κ1) is 23.2. The minimum atomic E-state index is -0.870. The van der Waals surface area contributed by atoms with Crippen LogP contribution in [-0.2, 0) is 10.3 Å². The summed E-state index contributed by atoms with van der Waals surface area (Å²) in [5.41, 5.74) is 6.09. The molecule has 9 heteroatoms. The molecule has 2 aliphatic rings. The normalized spacial score (nSPS) is 27.2. The maximum Gasteiger partial charge on any atom is 0.233 e. The molecule has 2 heterocycles. The van der Waals surface area contributed by atoms with Gasteiger partial charge in [0.05, 0.1) is 29.3 Å². The molecule has 0 amide bonds. The van der Waals surface area contributed by atoms with Crippen LogP contribution in [0.4, 0.5) is 8.78 Å². The smallest absolute Gasteiger partial charge is 0.233 e. The molecule has 4 rings (SSSR count). The number of hydrogen-bond donors (Lipinski definition) is 1. The number of halogens is 2. The molecule has 1 aliphatic carbocycles. The van der Waals surface area contributed by atoms with Crippen LogP contribution in [-0.4, -0.2) is 39.7 Å². The summed E-state index contributed by atoms with van der Waals surface area (Å²) in [4.78, 5) is 12.7. The Morgan fingerprint density at radius 3 is 2.88 bits per heavy atom. The van der Waals surface area contributed by atoms with Crippen LogP contribution in [0.1, 0.15) is 37.1 Å². The number of terminal acetylenes is 1. The number of aromatic nitrogens is 2. The molecule has 1 aromatic heterocycles. The molecule has 0 saturated heterocycles. The van der Waals surface area contributed by atoms with Gasteiger partial charge < -0.3 is 15.2 Å². The van der Waals surface area contributed by atoms with Gasteiger partial charge in [-0.2, -0.15) is 0 Å². The van der Waals surface area contributed by atoms with Gasteiger partial charge in [-0.3, -0.25) is 4.99 Å². The van der Waals surface area contributed by atoms with Gasteiger partial charge in [0.25, 0.3) is 0 Å². The maximum absolute atomic E-state index is 15.0. The number of benzene rings is 1. The molecule has 0 radical (unpaired) electrons. The van der Waals surface area contributed by atoms with E-state index in [2.05, 4.69) is 20.9 Å².